The summed E-state index contributed by atoms with van der Waals surface area (Å²) in [5, 5.41) is 9.43. The number of phenolic OH excluding ortho intramolecular Hbond substituents is 1. The molecule has 2 heteroatoms. The fourth-order valence-electron chi connectivity index (χ4n) is 1.92. The van der Waals surface area contributed by atoms with E-state index in [4.69, 9.17) is 5.73 Å². The Labute approximate surface area is 84.7 Å². The van der Waals surface area contributed by atoms with Gasteiger partial charge in [0, 0.05) is 6.04 Å². The fraction of sp³-hybridized carbons (Fsp3) is 0.500. The molecule has 1 aliphatic carbocycles. The van der Waals surface area contributed by atoms with Crippen molar-refractivity contribution in [3.05, 3.63) is 29.3 Å². The summed E-state index contributed by atoms with van der Waals surface area (Å²) in [6.45, 7) is 2.12. The lowest BCUT2D eigenvalue weighted by molar-refractivity contribution is 0.472. The minimum atomic E-state index is 0.122. The fourth-order valence-corrected chi connectivity index (χ4v) is 1.92. The van der Waals surface area contributed by atoms with Gasteiger partial charge < -0.3 is 10.8 Å². The number of phenols is 1. The maximum Gasteiger partial charge on any atom is 0.115 e. The molecule has 1 fully saturated rings. The number of hydrogen-bond donors (Lipinski definition) is 2. The average Bonchev–Trinajstić information content (AvgIpc) is 3.00. The predicted octanol–water partition coefficient (Wildman–Crippen LogP) is 2.36. The molecule has 2 nitrogen and oxygen atoms in total. The van der Waals surface area contributed by atoms with Crippen molar-refractivity contribution in [2.45, 2.75) is 32.2 Å². The van der Waals surface area contributed by atoms with Crippen LogP contribution in [0.15, 0.2) is 18.2 Å². The van der Waals surface area contributed by atoms with Gasteiger partial charge in [-0.2, -0.15) is 0 Å². The maximum atomic E-state index is 9.43. The molecular formula is C12H17NO. The van der Waals surface area contributed by atoms with Crippen LogP contribution in [0.3, 0.4) is 0 Å². The Bertz CT molecular complexity index is 331. The molecule has 3 N–H and O–H groups in total. The number of hydrogen-bond acceptors (Lipinski definition) is 2. The molecule has 0 aliphatic heterocycles. The van der Waals surface area contributed by atoms with Crippen LogP contribution in [-0.2, 0) is 6.42 Å². The minimum Gasteiger partial charge on any atom is -0.508 e. The molecule has 2 rings (SSSR count). The van der Waals surface area contributed by atoms with E-state index in [9.17, 15) is 5.11 Å². The standard InChI is InChI=1S/C12H17NO/c1-2-8-5-6-10(14)7-11(8)12(13)9-3-4-9/h5-7,9,12,14H,2-4,13H2,1H3/t12-/m1/s1. The van der Waals surface area contributed by atoms with Crippen LogP contribution in [0.2, 0.25) is 0 Å². The Kier molecular flexibility index (Phi) is 2.46. The molecule has 1 atom stereocenters. The van der Waals surface area contributed by atoms with E-state index in [2.05, 4.69) is 6.92 Å². The lowest BCUT2D eigenvalue weighted by Crippen LogP contribution is -2.14. The summed E-state index contributed by atoms with van der Waals surface area (Å²) in [7, 11) is 0. The molecule has 1 saturated carbocycles. The van der Waals surface area contributed by atoms with Crippen LogP contribution in [-0.4, -0.2) is 5.11 Å². The van der Waals surface area contributed by atoms with Gasteiger partial charge in [-0.1, -0.05) is 13.0 Å². The van der Waals surface area contributed by atoms with Gasteiger partial charge in [-0.05, 0) is 48.4 Å². The zero-order valence-electron chi connectivity index (χ0n) is 8.53. The van der Waals surface area contributed by atoms with E-state index in [1.165, 1.54) is 18.4 Å². The molecule has 1 aliphatic rings. The molecule has 0 amide bonds. The lowest BCUT2D eigenvalue weighted by Gasteiger charge is -2.15. The largest absolute Gasteiger partial charge is 0.508 e. The van der Waals surface area contributed by atoms with E-state index in [-0.39, 0.29) is 6.04 Å². The molecule has 0 aromatic heterocycles. The van der Waals surface area contributed by atoms with Crippen LogP contribution in [0.5, 0.6) is 5.75 Å². The Hall–Kier alpha value is -1.02. The van der Waals surface area contributed by atoms with Gasteiger partial charge in [0.15, 0.2) is 0 Å². The Morgan fingerprint density at radius 1 is 1.50 bits per heavy atom. The molecule has 0 heterocycles. The highest BCUT2D eigenvalue weighted by atomic mass is 16.3. The second-order valence-electron chi connectivity index (χ2n) is 4.10. The van der Waals surface area contributed by atoms with E-state index >= 15 is 0 Å². The normalized spacial score (nSPS) is 18.1. The van der Waals surface area contributed by atoms with Crippen molar-refractivity contribution in [3.63, 3.8) is 0 Å². The molecular weight excluding hydrogens is 174 g/mol. The van der Waals surface area contributed by atoms with Crippen LogP contribution in [0, 0.1) is 5.92 Å². The molecule has 0 saturated heterocycles. The number of aromatic hydroxyl groups is 1. The Morgan fingerprint density at radius 2 is 2.21 bits per heavy atom. The van der Waals surface area contributed by atoms with Crippen molar-refractivity contribution in [2.24, 2.45) is 11.7 Å². The lowest BCUT2D eigenvalue weighted by atomic mass is 9.96. The third-order valence-corrected chi connectivity index (χ3v) is 3.00. The zero-order chi connectivity index (χ0) is 10.1. The molecule has 0 radical (unpaired) electrons. The second-order valence-corrected chi connectivity index (χ2v) is 4.10. The van der Waals surface area contributed by atoms with Crippen LogP contribution < -0.4 is 5.73 Å². The molecule has 1 aromatic rings. The second kappa shape index (κ2) is 3.62. The quantitative estimate of drug-likeness (QED) is 0.770. The van der Waals surface area contributed by atoms with Crippen LogP contribution in [0.25, 0.3) is 0 Å². The van der Waals surface area contributed by atoms with Crippen LogP contribution >= 0.6 is 0 Å². The summed E-state index contributed by atoms with van der Waals surface area (Å²) in [6.07, 6.45) is 3.45. The monoisotopic (exact) mass is 191 g/mol. The van der Waals surface area contributed by atoms with E-state index in [0.29, 0.717) is 11.7 Å². The van der Waals surface area contributed by atoms with Crippen molar-refractivity contribution in [3.8, 4) is 5.75 Å². The van der Waals surface area contributed by atoms with Gasteiger partial charge in [-0.25, -0.2) is 0 Å². The predicted molar refractivity (Wildman–Crippen MR) is 57.1 cm³/mol. The highest BCUT2D eigenvalue weighted by molar-refractivity contribution is 5.37. The first-order valence-corrected chi connectivity index (χ1v) is 5.29. The number of nitrogens with two attached hydrogens (primary N) is 1. The van der Waals surface area contributed by atoms with Crippen LogP contribution in [0.4, 0.5) is 0 Å². The van der Waals surface area contributed by atoms with E-state index in [1.54, 1.807) is 6.07 Å². The highest BCUT2D eigenvalue weighted by Gasteiger charge is 2.30. The van der Waals surface area contributed by atoms with E-state index < -0.39 is 0 Å². The van der Waals surface area contributed by atoms with Crippen molar-refractivity contribution in [2.75, 3.05) is 0 Å². The smallest absolute Gasteiger partial charge is 0.115 e. The first kappa shape index (κ1) is 9.53. The molecule has 0 unspecified atom stereocenters. The maximum absolute atomic E-state index is 9.43. The van der Waals surface area contributed by atoms with Crippen molar-refractivity contribution in [1.82, 2.24) is 0 Å². The highest BCUT2D eigenvalue weighted by Crippen LogP contribution is 2.41. The van der Waals surface area contributed by atoms with Crippen molar-refractivity contribution < 1.29 is 5.11 Å². The summed E-state index contributed by atoms with van der Waals surface area (Å²) < 4.78 is 0. The van der Waals surface area contributed by atoms with Gasteiger partial charge in [0.1, 0.15) is 5.75 Å². The third kappa shape index (κ3) is 1.75. The minimum absolute atomic E-state index is 0.122. The first-order chi connectivity index (χ1) is 6.72. The summed E-state index contributed by atoms with van der Waals surface area (Å²) in [5.74, 6) is 0.968. The van der Waals surface area contributed by atoms with Gasteiger partial charge in [-0.3, -0.25) is 0 Å². The van der Waals surface area contributed by atoms with E-state index in [1.807, 2.05) is 12.1 Å². The number of benzene rings is 1. The van der Waals surface area contributed by atoms with Crippen molar-refractivity contribution in [1.29, 1.82) is 0 Å². The van der Waals surface area contributed by atoms with E-state index in [0.717, 1.165) is 12.0 Å². The van der Waals surface area contributed by atoms with Gasteiger partial charge in [0.05, 0.1) is 0 Å². The van der Waals surface area contributed by atoms with Gasteiger partial charge in [0.2, 0.25) is 0 Å². The molecule has 76 valence electrons. The Morgan fingerprint density at radius 3 is 2.79 bits per heavy atom. The zero-order valence-corrected chi connectivity index (χ0v) is 8.53. The number of rotatable bonds is 3. The topological polar surface area (TPSA) is 46.2 Å². The Balaban J connectivity index is 2.32. The van der Waals surface area contributed by atoms with Gasteiger partial charge in [0.25, 0.3) is 0 Å². The average molecular weight is 191 g/mol. The first-order valence-electron chi connectivity index (χ1n) is 5.29. The summed E-state index contributed by atoms with van der Waals surface area (Å²) in [5.41, 5.74) is 8.53. The number of aryl methyl sites for hydroxylation is 1. The van der Waals surface area contributed by atoms with Gasteiger partial charge in [-0.15, -0.1) is 0 Å². The van der Waals surface area contributed by atoms with Crippen molar-refractivity contribution >= 4 is 0 Å². The molecule has 14 heavy (non-hydrogen) atoms. The third-order valence-electron chi connectivity index (χ3n) is 3.00. The van der Waals surface area contributed by atoms with Crippen LogP contribution in [0.1, 0.15) is 36.9 Å². The SMILES string of the molecule is CCc1ccc(O)cc1[C@H](N)C1CC1. The van der Waals surface area contributed by atoms with Gasteiger partial charge >= 0.3 is 0 Å². The molecule has 0 spiro atoms. The summed E-state index contributed by atoms with van der Waals surface area (Å²) in [6, 6.07) is 5.66. The summed E-state index contributed by atoms with van der Waals surface area (Å²) in [4.78, 5) is 0. The summed E-state index contributed by atoms with van der Waals surface area (Å²) >= 11 is 0. The molecule has 0 bridgehead atoms. The molecule has 1 aromatic carbocycles.